The summed E-state index contributed by atoms with van der Waals surface area (Å²) in [6.45, 7) is 6.57. The Hall–Kier alpha value is -0.860. The van der Waals surface area contributed by atoms with E-state index in [-0.39, 0.29) is 5.41 Å². The molecule has 1 unspecified atom stereocenters. The molecule has 0 saturated carbocycles. The predicted molar refractivity (Wildman–Crippen MR) is 73.1 cm³/mol. The molecule has 0 bridgehead atoms. The van der Waals surface area contributed by atoms with Crippen LogP contribution in [0.5, 0.6) is 0 Å². The second-order valence-corrected chi connectivity index (χ2v) is 5.47. The SMILES string of the molecule is CC(CN)(CN1CCCCC1)c1ccccc1. The van der Waals surface area contributed by atoms with Gasteiger partial charge < -0.3 is 10.6 Å². The summed E-state index contributed by atoms with van der Waals surface area (Å²) in [5.74, 6) is 0. The van der Waals surface area contributed by atoms with Crippen molar-refractivity contribution in [2.24, 2.45) is 5.73 Å². The third-order valence-electron chi connectivity index (χ3n) is 3.94. The highest BCUT2D eigenvalue weighted by Gasteiger charge is 2.28. The highest BCUT2D eigenvalue weighted by atomic mass is 15.1. The van der Waals surface area contributed by atoms with Gasteiger partial charge in [0.25, 0.3) is 0 Å². The van der Waals surface area contributed by atoms with Crippen molar-refractivity contribution in [3.8, 4) is 0 Å². The van der Waals surface area contributed by atoms with Crippen molar-refractivity contribution in [1.29, 1.82) is 0 Å². The Balaban J connectivity index is 2.08. The Morgan fingerprint density at radius 2 is 1.76 bits per heavy atom. The molecule has 1 aliphatic heterocycles. The summed E-state index contributed by atoms with van der Waals surface area (Å²) in [7, 11) is 0. The number of hydrogen-bond acceptors (Lipinski definition) is 2. The van der Waals surface area contributed by atoms with Crippen LogP contribution >= 0.6 is 0 Å². The quantitative estimate of drug-likeness (QED) is 0.863. The minimum atomic E-state index is 0.0958. The molecule has 1 aliphatic rings. The zero-order chi connectivity index (χ0) is 12.1. The highest BCUT2D eigenvalue weighted by molar-refractivity contribution is 5.25. The molecule has 0 amide bonds. The van der Waals surface area contributed by atoms with E-state index in [0.717, 1.165) is 6.54 Å². The van der Waals surface area contributed by atoms with Gasteiger partial charge in [0.15, 0.2) is 0 Å². The Kier molecular flexibility index (Phi) is 4.19. The predicted octanol–water partition coefficient (Wildman–Crippen LogP) is 2.39. The molecule has 1 atom stereocenters. The molecule has 1 aromatic rings. The first-order valence-electron chi connectivity index (χ1n) is 6.72. The molecular weight excluding hydrogens is 208 g/mol. The van der Waals surface area contributed by atoms with Crippen LogP contribution in [0.25, 0.3) is 0 Å². The maximum Gasteiger partial charge on any atom is 0.0174 e. The normalized spacial score (nSPS) is 21.1. The molecule has 1 heterocycles. The smallest absolute Gasteiger partial charge is 0.0174 e. The van der Waals surface area contributed by atoms with Gasteiger partial charge in [-0.1, -0.05) is 43.7 Å². The standard InChI is InChI=1S/C15H24N2/c1-15(12-16,14-8-4-2-5-9-14)13-17-10-6-3-7-11-17/h2,4-5,8-9H,3,6-7,10-13,16H2,1H3. The van der Waals surface area contributed by atoms with Gasteiger partial charge in [0.2, 0.25) is 0 Å². The van der Waals surface area contributed by atoms with Crippen molar-refractivity contribution in [2.75, 3.05) is 26.2 Å². The maximum atomic E-state index is 6.03. The number of nitrogens with zero attached hydrogens (tertiary/aromatic N) is 1. The van der Waals surface area contributed by atoms with E-state index in [4.69, 9.17) is 5.73 Å². The van der Waals surface area contributed by atoms with E-state index in [1.54, 1.807) is 0 Å². The summed E-state index contributed by atoms with van der Waals surface area (Å²) in [6, 6.07) is 10.7. The van der Waals surface area contributed by atoms with Crippen molar-refractivity contribution in [3.63, 3.8) is 0 Å². The number of rotatable bonds is 4. The third-order valence-corrected chi connectivity index (χ3v) is 3.94. The van der Waals surface area contributed by atoms with Crippen LogP contribution in [-0.4, -0.2) is 31.1 Å². The number of hydrogen-bond donors (Lipinski definition) is 1. The first-order chi connectivity index (χ1) is 8.24. The van der Waals surface area contributed by atoms with Crippen LogP contribution in [0.1, 0.15) is 31.7 Å². The topological polar surface area (TPSA) is 29.3 Å². The fourth-order valence-electron chi connectivity index (χ4n) is 2.73. The van der Waals surface area contributed by atoms with Crippen LogP contribution in [-0.2, 0) is 5.41 Å². The third kappa shape index (κ3) is 3.08. The Morgan fingerprint density at radius 3 is 2.35 bits per heavy atom. The van der Waals surface area contributed by atoms with Gasteiger partial charge in [0, 0.05) is 18.5 Å². The molecule has 0 spiro atoms. The van der Waals surface area contributed by atoms with Crippen molar-refractivity contribution >= 4 is 0 Å². The van der Waals surface area contributed by atoms with Gasteiger partial charge in [-0.25, -0.2) is 0 Å². The summed E-state index contributed by atoms with van der Waals surface area (Å²) >= 11 is 0. The lowest BCUT2D eigenvalue weighted by Gasteiger charge is -2.37. The van der Waals surface area contributed by atoms with Crippen LogP contribution in [0.4, 0.5) is 0 Å². The molecule has 1 fully saturated rings. The van der Waals surface area contributed by atoms with E-state index < -0.39 is 0 Å². The number of benzene rings is 1. The molecule has 0 aliphatic carbocycles. The van der Waals surface area contributed by atoms with Crippen LogP contribution in [0, 0.1) is 0 Å². The lowest BCUT2D eigenvalue weighted by Crippen LogP contribution is -2.45. The largest absolute Gasteiger partial charge is 0.330 e. The fourth-order valence-corrected chi connectivity index (χ4v) is 2.73. The Labute approximate surface area is 105 Å². The van der Waals surface area contributed by atoms with E-state index in [2.05, 4.69) is 42.2 Å². The summed E-state index contributed by atoms with van der Waals surface area (Å²) in [5.41, 5.74) is 7.49. The summed E-state index contributed by atoms with van der Waals surface area (Å²) in [6.07, 6.45) is 4.08. The molecule has 94 valence electrons. The molecule has 17 heavy (non-hydrogen) atoms. The molecule has 2 nitrogen and oxygen atoms in total. The average molecular weight is 232 g/mol. The van der Waals surface area contributed by atoms with E-state index in [1.165, 1.54) is 37.9 Å². The van der Waals surface area contributed by atoms with E-state index >= 15 is 0 Å². The number of nitrogens with two attached hydrogens (primary N) is 1. The highest BCUT2D eigenvalue weighted by Crippen LogP contribution is 2.25. The maximum absolute atomic E-state index is 6.03. The van der Waals surface area contributed by atoms with Crippen molar-refractivity contribution in [1.82, 2.24) is 4.90 Å². The van der Waals surface area contributed by atoms with Gasteiger partial charge in [-0.3, -0.25) is 0 Å². The first-order valence-corrected chi connectivity index (χ1v) is 6.72. The van der Waals surface area contributed by atoms with Gasteiger partial charge >= 0.3 is 0 Å². The first kappa shape index (κ1) is 12.6. The van der Waals surface area contributed by atoms with Crippen LogP contribution in [0.3, 0.4) is 0 Å². The lowest BCUT2D eigenvalue weighted by atomic mass is 9.81. The molecule has 0 radical (unpaired) electrons. The number of piperidine rings is 1. The number of likely N-dealkylation sites (tertiary alicyclic amines) is 1. The Morgan fingerprint density at radius 1 is 1.12 bits per heavy atom. The van der Waals surface area contributed by atoms with E-state index in [1.807, 2.05) is 0 Å². The molecular formula is C15H24N2. The molecule has 1 saturated heterocycles. The van der Waals surface area contributed by atoms with Crippen molar-refractivity contribution in [3.05, 3.63) is 35.9 Å². The van der Waals surface area contributed by atoms with Crippen LogP contribution in [0.2, 0.25) is 0 Å². The van der Waals surface area contributed by atoms with Gasteiger partial charge in [0.1, 0.15) is 0 Å². The van der Waals surface area contributed by atoms with E-state index in [9.17, 15) is 0 Å². The summed E-state index contributed by atoms with van der Waals surface area (Å²) in [4.78, 5) is 2.57. The summed E-state index contributed by atoms with van der Waals surface area (Å²) in [5, 5.41) is 0. The summed E-state index contributed by atoms with van der Waals surface area (Å²) < 4.78 is 0. The lowest BCUT2D eigenvalue weighted by molar-refractivity contribution is 0.185. The van der Waals surface area contributed by atoms with Crippen molar-refractivity contribution < 1.29 is 0 Å². The van der Waals surface area contributed by atoms with Crippen LogP contribution in [0.15, 0.2) is 30.3 Å². The van der Waals surface area contributed by atoms with Crippen LogP contribution < -0.4 is 5.73 Å². The van der Waals surface area contributed by atoms with Gasteiger partial charge in [-0.05, 0) is 31.5 Å². The second-order valence-electron chi connectivity index (χ2n) is 5.47. The molecule has 2 N–H and O–H groups in total. The molecule has 1 aromatic carbocycles. The zero-order valence-electron chi connectivity index (χ0n) is 10.9. The van der Waals surface area contributed by atoms with Gasteiger partial charge in [-0.2, -0.15) is 0 Å². The zero-order valence-corrected chi connectivity index (χ0v) is 10.9. The van der Waals surface area contributed by atoms with E-state index in [0.29, 0.717) is 6.54 Å². The van der Waals surface area contributed by atoms with Gasteiger partial charge in [0.05, 0.1) is 0 Å². The fraction of sp³-hybridized carbons (Fsp3) is 0.600. The monoisotopic (exact) mass is 232 g/mol. The molecule has 2 heteroatoms. The molecule has 2 rings (SSSR count). The Bertz CT molecular complexity index is 330. The molecule has 0 aromatic heterocycles. The second kappa shape index (κ2) is 5.65. The average Bonchev–Trinajstić information content (AvgIpc) is 2.41. The van der Waals surface area contributed by atoms with Crippen molar-refractivity contribution in [2.45, 2.75) is 31.6 Å². The van der Waals surface area contributed by atoms with Gasteiger partial charge in [-0.15, -0.1) is 0 Å². The minimum Gasteiger partial charge on any atom is -0.330 e. The minimum absolute atomic E-state index is 0.0958.